The number of nitrogens with zero attached hydrogens (tertiary/aromatic N) is 1. The number of carbonyl (C=O) groups is 1. The van der Waals surface area contributed by atoms with Crippen LogP contribution in [-0.4, -0.2) is 50.2 Å². The van der Waals surface area contributed by atoms with E-state index in [-0.39, 0.29) is 12.5 Å². The monoisotopic (exact) mass is 302 g/mol. The van der Waals surface area contributed by atoms with Gasteiger partial charge in [0, 0.05) is 19.6 Å². The topological polar surface area (TPSA) is 41.6 Å². The van der Waals surface area contributed by atoms with Gasteiger partial charge in [-0.1, -0.05) is 30.3 Å². The van der Waals surface area contributed by atoms with Gasteiger partial charge in [-0.2, -0.15) is 0 Å². The molecule has 120 valence electrons. The molecule has 0 unspecified atom stereocenters. The number of carbonyl (C=O) groups excluding carboxylic acids is 1. The first-order chi connectivity index (χ1) is 10.8. The number of piperidine rings is 1. The van der Waals surface area contributed by atoms with E-state index in [1.165, 1.54) is 12.0 Å². The second-order valence-corrected chi connectivity index (χ2v) is 6.60. The molecular weight excluding hydrogens is 276 g/mol. The van der Waals surface area contributed by atoms with Crippen LogP contribution in [0.3, 0.4) is 0 Å². The Morgan fingerprint density at radius 2 is 1.95 bits per heavy atom. The predicted molar refractivity (Wildman–Crippen MR) is 86.7 cm³/mol. The lowest BCUT2D eigenvalue weighted by Gasteiger charge is -2.38. The molecule has 1 aromatic rings. The molecule has 0 atom stereocenters. The lowest BCUT2D eigenvalue weighted by molar-refractivity contribution is -0.138. The van der Waals surface area contributed by atoms with Gasteiger partial charge >= 0.3 is 0 Å². The van der Waals surface area contributed by atoms with Gasteiger partial charge in [-0.05, 0) is 43.2 Å². The van der Waals surface area contributed by atoms with Crippen molar-refractivity contribution >= 4 is 5.91 Å². The standard InChI is InChI=1S/C18H26N2O2/c21-17(14-22-13-6-16-4-2-1-3-5-16)20-11-8-18(9-12-20)7-10-19-15-18/h1-5,19H,6-15H2. The first-order valence-corrected chi connectivity index (χ1v) is 8.38. The van der Waals surface area contributed by atoms with Crippen LogP contribution in [0, 0.1) is 5.41 Å². The maximum Gasteiger partial charge on any atom is 0.248 e. The van der Waals surface area contributed by atoms with E-state index in [9.17, 15) is 4.79 Å². The fourth-order valence-corrected chi connectivity index (χ4v) is 3.54. The van der Waals surface area contributed by atoms with E-state index < -0.39 is 0 Å². The largest absolute Gasteiger partial charge is 0.371 e. The van der Waals surface area contributed by atoms with E-state index in [4.69, 9.17) is 4.74 Å². The molecule has 2 saturated heterocycles. The third-order valence-electron chi connectivity index (χ3n) is 5.11. The molecule has 1 N–H and O–H groups in total. The molecule has 0 bridgehead atoms. The molecule has 0 saturated carbocycles. The number of nitrogens with one attached hydrogen (secondary N) is 1. The van der Waals surface area contributed by atoms with Gasteiger partial charge in [-0.15, -0.1) is 0 Å². The summed E-state index contributed by atoms with van der Waals surface area (Å²) in [5, 5.41) is 3.46. The highest BCUT2D eigenvalue weighted by molar-refractivity contribution is 5.77. The minimum absolute atomic E-state index is 0.147. The molecule has 1 aromatic carbocycles. The smallest absolute Gasteiger partial charge is 0.248 e. The number of hydrogen-bond acceptors (Lipinski definition) is 3. The van der Waals surface area contributed by atoms with Crippen molar-refractivity contribution in [1.82, 2.24) is 10.2 Å². The Balaban J connectivity index is 1.34. The lowest BCUT2D eigenvalue weighted by Crippen LogP contribution is -2.45. The lowest BCUT2D eigenvalue weighted by atomic mass is 9.78. The molecule has 22 heavy (non-hydrogen) atoms. The summed E-state index contributed by atoms with van der Waals surface area (Å²) in [5.74, 6) is 0.147. The fraction of sp³-hybridized carbons (Fsp3) is 0.611. The highest BCUT2D eigenvalue weighted by atomic mass is 16.5. The zero-order chi connectivity index (χ0) is 15.3. The van der Waals surface area contributed by atoms with Crippen LogP contribution in [0.1, 0.15) is 24.8 Å². The Bertz CT molecular complexity index is 473. The van der Waals surface area contributed by atoms with E-state index in [2.05, 4.69) is 17.4 Å². The van der Waals surface area contributed by atoms with E-state index in [1.54, 1.807) is 0 Å². The SMILES string of the molecule is O=C(COCCc1ccccc1)N1CCC2(CCNC2)CC1. The molecule has 3 rings (SSSR count). The Labute approximate surface area is 132 Å². The van der Waals surface area contributed by atoms with Crippen molar-refractivity contribution in [1.29, 1.82) is 0 Å². The van der Waals surface area contributed by atoms with Gasteiger partial charge in [0.25, 0.3) is 0 Å². The molecule has 0 radical (unpaired) electrons. The van der Waals surface area contributed by atoms with Crippen LogP contribution < -0.4 is 5.32 Å². The number of rotatable bonds is 5. The summed E-state index contributed by atoms with van der Waals surface area (Å²) >= 11 is 0. The first kappa shape index (κ1) is 15.5. The summed E-state index contributed by atoms with van der Waals surface area (Å²) in [4.78, 5) is 14.2. The van der Waals surface area contributed by atoms with Crippen molar-refractivity contribution in [3.05, 3.63) is 35.9 Å². The van der Waals surface area contributed by atoms with Crippen molar-refractivity contribution in [3.8, 4) is 0 Å². The van der Waals surface area contributed by atoms with Crippen LogP contribution in [0.25, 0.3) is 0 Å². The maximum atomic E-state index is 12.2. The highest BCUT2D eigenvalue weighted by Gasteiger charge is 2.37. The summed E-state index contributed by atoms with van der Waals surface area (Å²) in [6.45, 7) is 4.87. The first-order valence-electron chi connectivity index (χ1n) is 8.38. The van der Waals surface area contributed by atoms with Crippen LogP contribution in [0.5, 0.6) is 0 Å². The molecule has 0 aliphatic carbocycles. The minimum Gasteiger partial charge on any atom is -0.371 e. The van der Waals surface area contributed by atoms with E-state index in [1.807, 2.05) is 23.1 Å². The van der Waals surface area contributed by atoms with Gasteiger partial charge < -0.3 is 15.0 Å². The number of benzene rings is 1. The summed E-state index contributed by atoms with van der Waals surface area (Å²) in [6.07, 6.45) is 4.40. The van der Waals surface area contributed by atoms with Crippen molar-refractivity contribution in [2.24, 2.45) is 5.41 Å². The molecule has 0 aromatic heterocycles. The predicted octanol–water partition coefficient (Wildman–Crippen LogP) is 1.85. The number of likely N-dealkylation sites (tertiary alicyclic amines) is 1. The molecule has 4 heteroatoms. The quantitative estimate of drug-likeness (QED) is 0.844. The molecule has 2 aliphatic rings. The third-order valence-corrected chi connectivity index (χ3v) is 5.11. The van der Waals surface area contributed by atoms with Gasteiger partial charge in [0.15, 0.2) is 0 Å². The van der Waals surface area contributed by atoms with Gasteiger partial charge in [0.1, 0.15) is 6.61 Å². The Hall–Kier alpha value is -1.39. The van der Waals surface area contributed by atoms with Crippen molar-refractivity contribution in [2.45, 2.75) is 25.7 Å². The van der Waals surface area contributed by atoms with Gasteiger partial charge in [0.2, 0.25) is 5.91 Å². The van der Waals surface area contributed by atoms with Gasteiger partial charge in [-0.25, -0.2) is 0 Å². The Morgan fingerprint density at radius 1 is 1.18 bits per heavy atom. The molecule has 1 spiro atoms. The van der Waals surface area contributed by atoms with Crippen LogP contribution in [-0.2, 0) is 16.0 Å². The molecular formula is C18H26N2O2. The molecule has 4 nitrogen and oxygen atoms in total. The van der Waals surface area contributed by atoms with Crippen LogP contribution in [0.15, 0.2) is 30.3 Å². The maximum absolute atomic E-state index is 12.2. The molecule has 2 aliphatic heterocycles. The van der Waals surface area contributed by atoms with E-state index in [0.717, 1.165) is 45.4 Å². The zero-order valence-electron chi connectivity index (χ0n) is 13.2. The Kier molecular flexibility index (Phi) is 5.11. The summed E-state index contributed by atoms with van der Waals surface area (Å²) in [5.41, 5.74) is 1.72. The molecule has 1 amide bonds. The van der Waals surface area contributed by atoms with Crippen molar-refractivity contribution in [3.63, 3.8) is 0 Å². The van der Waals surface area contributed by atoms with Crippen molar-refractivity contribution in [2.75, 3.05) is 39.4 Å². The minimum atomic E-state index is 0.147. The van der Waals surface area contributed by atoms with Gasteiger partial charge in [-0.3, -0.25) is 4.79 Å². The number of amides is 1. The fourth-order valence-electron chi connectivity index (χ4n) is 3.54. The third kappa shape index (κ3) is 3.87. The second-order valence-electron chi connectivity index (χ2n) is 6.60. The average Bonchev–Trinajstić information content (AvgIpc) is 3.01. The normalized spacial score (nSPS) is 20.5. The molecule has 2 fully saturated rings. The average molecular weight is 302 g/mol. The second kappa shape index (κ2) is 7.25. The summed E-state index contributed by atoms with van der Waals surface area (Å²) in [7, 11) is 0. The highest BCUT2D eigenvalue weighted by Crippen LogP contribution is 2.36. The van der Waals surface area contributed by atoms with Crippen LogP contribution in [0.4, 0.5) is 0 Å². The van der Waals surface area contributed by atoms with E-state index in [0.29, 0.717) is 12.0 Å². The van der Waals surface area contributed by atoms with E-state index >= 15 is 0 Å². The van der Waals surface area contributed by atoms with Crippen LogP contribution in [0.2, 0.25) is 0 Å². The number of ether oxygens (including phenoxy) is 1. The van der Waals surface area contributed by atoms with Gasteiger partial charge in [0.05, 0.1) is 6.61 Å². The summed E-state index contributed by atoms with van der Waals surface area (Å²) < 4.78 is 5.57. The molecule has 2 heterocycles. The summed E-state index contributed by atoms with van der Waals surface area (Å²) in [6, 6.07) is 10.2. The van der Waals surface area contributed by atoms with Crippen molar-refractivity contribution < 1.29 is 9.53 Å². The Morgan fingerprint density at radius 3 is 2.64 bits per heavy atom. The number of hydrogen-bond donors (Lipinski definition) is 1. The van der Waals surface area contributed by atoms with Crippen LogP contribution >= 0.6 is 0 Å². The zero-order valence-corrected chi connectivity index (χ0v) is 13.2.